The molecule has 0 saturated heterocycles. The predicted octanol–water partition coefficient (Wildman–Crippen LogP) is 3.08. The molecule has 1 unspecified atom stereocenters. The van der Waals surface area contributed by atoms with Gasteiger partial charge in [0.1, 0.15) is 0 Å². The van der Waals surface area contributed by atoms with Gasteiger partial charge in [0.2, 0.25) is 0 Å². The second-order valence-electron chi connectivity index (χ2n) is 3.97. The van der Waals surface area contributed by atoms with Crippen molar-refractivity contribution < 1.29 is 13.2 Å². The summed E-state index contributed by atoms with van der Waals surface area (Å²) >= 11 is 0. The number of nitrogens with zero attached hydrogens (tertiary/aromatic N) is 1. The Labute approximate surface area is 86.2 Å². The molecule has 2 rings (SSSR count). The molecule has 0 aliphatic heterocycles. The number of alkyl halides is 3. The third-order valence-corrected chi connectivity index (χ3v) is 2.95. The molecule has 82 valence electrons. The maximum absolute atomic E-state index is 12.5. The molecule has 0 fully saturated rings. The maximum Gasteiger partial charge on any atom is 0.395 e. The van der Waals surface area contributed by atoms with Gasteiger partial charge in [-0.05, 0) is 31.1 Å². The van der Waals surface area contributed by atoms with E-state index in [2.05, 4.69) is 0 Å². The molecule has 0 saturated carbocycles. The number of rotatable bonds is 0. The minimum atomic E-state index is -4.13. The molecule has 1 aliphatic carbocycles. The van der Waals surface area contributed by atoms with Crippen LogP contribution in [0.15, 0.2) is 12.1 Å². The molecule has 1 nitrogen and oxygen atoms in total. The van der Waals surface area contributed by atoms with Crippen LogP contribution in [0.2, 0.25) is 0 Å². The molecule has 0 aromatic carbocycles. The van der Waals surface area contributed by atoms with Crippen LogP contribution >= 0.6 is 0 Å². The van der Waals surface area contributed by atoms with Crippen LogP contribution in [0.25, 0.3) is 6.08 Å². The van der Waals surface area contributed by atoms with Crippen LogP contribution in [0.4, 0.5) is 13.2 Å². The van der Waals surface area contributed by atoms with Crippen LogP contribution in [0, 0.1) is 12.8 Å². The summed E-state index contributed by atoms with van der Waals surface area (Å²) in [5.41, 5.74) is 2.68. The Kier molecular flexibility index (Phi) is 2.17. The van der Waals surface area contributed by atoms with Crippen LogP contribution in [0.1, 0.15) is 17.0 Å². The first-order valence-corrected chi connectivity index (χ1v) is 4.79. The van der Waals surface area contributed by atoms with Crippen molar-refractivity contribution in [3.63, 3.8) is 0 Å². The number of hydrogen-bond donors (Lipinski definition) is 0. The van der Waals surface area contributed by atoms with Crippen molar-refractivity contribution in [2.24, 2.45) is 13.0 Å². The van der Waals surface area contributed by atoms with Gasteiger partial charge < -0.3 is 4.57 Å². The SMILES string of the molecule is Cc1cc2c(n1C)C=CC(C(F)(F)F)C2. The van der Waals surface area contributed by atoms with Crippen LogP contribution in [0.3, 0.4) is 0 Å². The van der Waals surface area contributed by atoms with Gasteiger partial charge in [-0.3, -0.25) is 0 Å². The number of aryl methyl sites for hydroxylation is 1. The number of halogens is 3. The maximum atomic E-state index is 12.5. The van der Waals surface area contributed by atoms with Gasteiger partial charge in [0.15, 0.2) is 0 Å². The Hall–Kier alpha value is -1.19. The van der Waals surface area contributed by atoms with E-state index in [1.165, 1.54) is 6.08 Å². The normalized spacial score (nSPS) is 20.5. The topological polar surface area (TPSA) is 4.93 Å². The van der Waals surface area contributed by atoms with E-state index in [-0.39, 0.29) is 6.42 Å². The second-order valence-corrected chi connectivity index (χ2v) is 3.97. The van der Waals surface area contributed by atoms with Crippen LogP contribution in [-0.2, 0) is 13.5 Å². The number of hydrogen-bond acceptors (Lipinski definition) is 0. The van der Waals surface area contributed by atoms with E-state index in [0.29, 0.717) is 0 Å². The van der Waals surface area contributed by atoms with Gasteiger partial charge in [-0.25, -0.2) is 0 Å². The average molecular weight is 215 g/mol. The Morgan fingerprint density at radius 2 is 2.07 bits per heavy atom. The summed E-state index contributed by atoms with van der Waals surface area (Å²) in [6.07, 6.45) is -1.24. The Bertz CT molecular complexity index is 412. The van der Waals surface area contributed by atoms with Gasteiger partial charge in [-0.1, -0.05) is 6.08 Å². The molecule has 1 aliphatic rings. The van der Waals surface area contributed by atoms with Crippen molar-refractivity contribution in [1.29, 1.82) is 0 Å². The highest BCUT2D eigenvalue weighted by Gasteiger charge is 2.39. The fraction of sp³-hybridized carbons (Fsp3) is 0.455. The monoisotopic (exact) mass is 215 g/mol. The van der Waals surface area contributed by atoms with Gasteiger partial charge in [0.25, 0.3) is 0 Å². The first kappa shape index (κ1) is 10.3. The minimum absolute atomic E-state index is 0.0665. The summed E-state index contributed by atoms with van der Waals surface area (Å²) in [4.78, 5) is 0. The average Bonchev–Trinajstić information content (AvgIpc) is 2.41. The van der Waals surface area contributed by atoms with Gasteiger partial charge in [-0.15, -0.1) is 0 Å². The smallest absolute Gasteiger partial charge is 0.348 e. The zero-order valence-corrected chi connectivity index (χ0v) is 8.60. The molecule has 0 N–H and O–H groups in total. The zero-order chi connectivity index (χ0) is 11.2. The van der Waals surface area contributed by atoms with E-state index in [4.69, 9.17) is 0 Å². The summed E-state index contributed by atoms with van der Waals surface area (Å²) in [7, 11) is 1.87. The summed E-state index contributed by atoms with van der Waals surface area (Å²) < 4.78 is 39.4. The molecule has 4 heteroatoms. The van der Waals surface area contributed by atoms with E-state index in [1.807, 2.05) is 24.6 Å². The Morgan fingerprint density at radius 3 is 2.67 bits per heavy atom. The summed E-state index contributed by atoms with van der Waals surface area (Å²) in [6.45, 7) is 1.90. The van der Waals surface area contributed by atoms with E-state index in [9.17, 15) is 13.2 Å². The molecular formula is C11H12F3N. The van der Waals surface area contributed by atoms with Crippen LogP contribution < -0.4 is 0 Å². The predicted molar refractivity (Wildman–Crippen MR) is 52.4 cm³/mol. The minimum Gasteiger partial charge on any atom is -0.348 e. The first-order valence-electron chi connectivity index (χ1n) is 4.79. The lowest BCUT2D eigenvalue weighted by Crippen LogP contribution is -2.24. The molecule has 1 heterocycles. The highest BCUT2D eigenvalue weighted by Crippen LogP contribution is 2.35. The van der Waals surface area contributed by atoms with Crippen molar-refractivity contribution >= 4 is 6.08 Å². The lowest BCUT2D eigenvalue weighted by molar-refractivity contribution is -0.160. The number of allylic oxidation sites excluding steroid dienone is 1. The number of fused-ring (bicyclic) bond motifs is 1. The molecule has 1 aromatic rings. The second kappa shape index (κ2) is 3.15. The van der Waals surface area contributed by atoms with Crippen LogP contribution in [-0.4, -0.2) is 10.7 Å². The van der Waals surface area contributed by atoms with Crippen molar-refractivity contribution in [1.82, 2.24) is 4.57 Å². The highest BCUT2D eigenvalue weighted by atomic mass is 19.4. The molecule has 0 bridgehead atoms. The van der Waals surface area contributed by atoms with E-state index < -0.39 is 12.1 Å². The van der Waals surface area contributed by atoms with Gasteiger partial charge in [0, 0.05) is 18.4 Å². The molecule has 1 atom stereocenters. The van der Waals surface area contributed by atoms with Gasteiger partial charge in [-0.2, -0.15) is 13.2 Å². The van der Waals surface area contributed by atoms with E-state index >= 15 is 0 Å². The zero-order valence-electron chi connectivity index (χ0n) is 8.60. The molecule has 0 radical (unpaired) electrons. The summed E-state index contributed by atoms with van der Waals surface area (Å²) in [5.74, 6) is -1.33. The number of aromatic nitrogens is 1. The Morgan fingerprint density at radius 1 is 1.40 bits per heavy atom. The molecule has 0 amide bonds. The highest BCUT2D eigenvalue weighted by molar-refractivity contribution is 5.55. The largest absolute Gasteiger partial charge is 0.395 e. The van der Waals surface area contributed by atoms with Crippen molar-refractivity contribution in [3.8, 4) is 0 Å². The Balaban J connectivity index is 2.36. The van der Waals surface area contributed by atoms with Crippen molar-refractivity contribution in [2.75, 3.05) is 0 Å². The third kappa shape index (κ3) is 1.68. The summed E-state index contributed by atoms with van der Waals surface area (Å²) in [6, 6.07) is 1.83. The summed E-state index contributed by atoms with van der Waals surface area (Å²) in [5, 5.41) is 0. The standard InChI is InChI=1S/C11H12F3N/c1-7-5-8-6-9(11(12,13)14)3-4-10(8)15(7)2/h3-5,9H,6H2,1-2H3. The van der Waals surface area contributed by atoms with Crippen LogP contribution in [0.5, 0.6) is 0 Å². The molecule has 0 spiro atoms. The quantitative estimate of drug-likeness (QED) is 0.626. The lowest BCUT2D eigenvalue weighted by Gasteiger charge is -2.20. The van der Waals surface area contributed by atoms with E-state index in [0.717, 1.165) is 17.0 Å². The fourth-order valence-corrected chi connectivity index (χ4v) is 1.95. The van der Waals surface area contributed by atoms with Crippen molar-refractivity contribution in [3.05, 3.63) is 29.1 Å². The molecule has 15 heavy (non-hydrogen) atoms. The van der Waals surface area contributed by atoms with E-state index in [1.54, 1.807) is 6.08 Å². The first-order chi connectivity index (χ1) is 6.89. The molecule has 1 aromatic heterocycles. The third-order valence-electron chi connectivity index (χ3n) is 2.95. The van der Waals surface area contributed by atoms with Gasteiger partial charge in [0.05, 0.1) is 5.92 Å². The van der Waals surface area contributed by atoms with Gasteiger partial charge >= 0.3 is 6.18 Å². The lowest BCUT2D eigenvalue weighted by atomic mass is 9.93. The molecular weight excluding hydrogens is 203 g/mol. The van der Waals surface area contributed by atoms with Crippen molar-refractivity contribution in [2.45, 2.75) is 19.5 Å². The fourth-order valence-electron chi connectivity index (χ4n) is 1.95.